The molecule has 0 radical (unpaired) electrons. The standard InChI is InChI=1S/C16H24Cl4N2.HI/c1-5-21(3,6-2)7-8-22(4)9-11-12(10-22)14(18)16(20)15(19)13(11)17;/h5-10H2,1-4H3;1H/q+2;/p-1. The summed E-state index contributed by atoms with van der Waals surface area (Å²) in [5.41, 5.74) is 2.12. The van der Waals surface area contributed by atoms with E-state index < -0.39 is 0 Å². The highest BCUT2D eigenvalue weighted by Crippen LogP contribution is 2.46. The number of quaternary nitrogens is 2. The first-order valence-corrected chi connectivity index (χ1v) is 9.18. The molecule has 0 bridgehead atoms. The molecule has 1 aliphatic heterocycles. The molecule has 0 atom stereocenters. The van der Waals surface area contributed by atoms with Crippen LogP contribution in [0.5, 0.6) is 0 Å². The lowest BCUT2D eigenvalue weighted by molar-refractivity contribution is -0.972. The zero-order valence-electron chi connectivity index (χ0n) is 14.0. The zero-order chi connectivity index (χ0) is 16.7. The van der Waals surface area contributed by atoms with E-state index in [9.17, 15) is 0 Å². The molecule has 132 valence electrons. The fourth-order valence-corrected chi connectivity index (χ4v) is 4.10. The van der Waals surface area contributed by atoms with Crippen LogP contribution >= 0.6 is 46.4 Å². The van der Waals surface area contributed by atoms with Crippen molar-refractivity contribution < 1.29 is 32.9 Å². The molecule has 0 aliphatic carbocycles. The molecule has 1 aromatic carbocycles. The third kappa shape index (κ3) is 4.42. The van der Waals surface area contributed by atoms with E-state index in [0.29, 0.717) is 20.1 Å². The summed E-state index contributed by atoms with van der Waals surface area (Å²) < 4.78 is 1.98. The molecule has 7 heteroatoms. The minimum atomic E-state index is 0. The van der Waals surface area contributed by atoms with Crippen LogP contribution in [0.3, 0.4) is 0 Å². The van der Waals surface area contributed by atoms with Crippen molar-refractivity contribution in [2.75, 3.05) is 40.3 Å². The third-order valence-electron chi connectivity index (χ3n) is 5.26. The van der Waals surface area contributed by atoms with Crippen molar-refractivity contribution in [3.05, 3.63) is 31.2 Å². The van der Waals surface area contributed by atoms with Crippen LogP contribution in [0, 0.1) is 0 Å². The van der Waals surface area contributed by atoms with Crippen molar-refractivity contribution in [3.63, 3.8) is 0 Å². The zero-order valence-corrected chi connectivity index (χ0v) is 19.2. The fraction of sp³-hybridized carbons (Fsp3) is 0.625. The summed E-state index contributed by atoms with van der Waals surface area (Å²) in [5.74, 6) is 0. The van der Waals surface area contributed by atoms with Crippen LogP contribution in [0.4, 0.5) is 0 Å². The lowest BCUT2D eigenvalue weighted by atomic mass is 10.1. The molecule has 1 aliphatic rings. The van der Waals surface area contributed by atoms with E-state index in [1.165, 1.54) is 0 Å². The highest BCUT2D eigenvalue weighted by atomic mass is 127. The summed E-state index contributed by atoms with van der Waals surface area (Å²) in [6, 6.07) is 0. The monoisotopic (exact) mass is 511 g/mol. The molecular weight excluding hydrogens is 489 g/mol. The maximum atomic E-state index is 6.40. The van der Waals surface area contributed by atoms with Gasteiger partial charge < -0.3 is 32.9 Å². The Labute approximate surface area is 176 Å². The number of fused-ring (bicyclic) bond motifs is 1. The van der Waals surface area contributed by atoms with Crippen LogP contribution in [-0.2, 0) is 13.1 Å². The maximum absolute atomic E-state index is 6.40. The van der Waals surface area contributed by atoms with Crippen molar-refractivity contribution in [2.24, 2.45) is 0 Å². The molecule has 0 saturated heterocycles. The predicted octanol–water partition coefficient (Wildman–Crippen LogP) is 2.25. The maximum Gasteiger partial charge on any atom is 0.129 e. The number of hydrogen-bond donors (Lipinski definition) is 0. The Balaban J connectivity index is 0.00000264. The first kappa shape index (κ1) is 22.1. The van der Waals surface area contributed by atoms with Crippen molar-refractivity contribution in [2.45, 2.75) is 26.9 Å². The summed E-state index contributed by atoms with van der Waals surface area (Å²) in [6.07, 6.45) is 0. The van der Waals surface area contributed by atoms with Crippen molar-refractivity contribution in [3.8, 4) is 0 Å². The molecule has 0 spiro atoms. The van der Waals surface area contributed by atoms with Crippen molar-refractivity contribution >= 4 is 46.4 Å². The molecule has 2 rings (SSSR count). The van der Waals surface area contributed by atoms with Gasteiger partial charge in [0.05, 0.1) is 47.3 Å². The molecule has 0 N–H and O–H groups in total. The van der Waals surface area contributed by atoms with E-state index in [1.807, 2.05) is 0 Å². The van der Waals surface area contributed by atoms with E-state index in [0.717, 1.165) is 59.4 Å². The van der Waals surface area contributed by atoms with Gasteiger partial charge in [-0.25, -0.2) is 0 Å². The van der Waals surface area contributed by atoms with E-state index in [2.05, 4.69) is 27.9 Å². The van der Waals surface area contributed by atoms with Gasteiger partial charge in [-0.1, -0.05) is 46.4 Å². The molecule has 2 nitrogen and oxygen atoms in total. The summed E-state index contributed by atoms with van der Waals surface area (Å²) in [4.78, 5) is 0. The number of benzene rings is 1. The highest BCUT2D eigenvalue weighted by Gasteiger charge is 2.38. The second-order valence-corrected chi connectivity index (χ2v) is 8.36. The fourth-order valence-electron chi connectivity index (χ4n) is 3.05. The molecule has 0 fully saturated rings. The second kappa shape index (κ2) is 8.15. The van der Waals surface area contributed by atoms with E-state index in [-0.39, 0.29) is 24.0 Å². The summed E-state index contributed by atoms with van der Waals surface area (Å²) in [7, 11) is 4.56. The van der Waals surface area contributed by atoms with Gasteiger partial charge >= 0.3 is 0 Å². The molecule has 0 unspecified atom stereocenters. The predicted molar refractivity (Wildman–Crippen MR) is 97.1 cm³/mol. The lowest BCUT2D eigenvalue weighted by Gasteiger charge is -2.37. The van der Waals surface area contributed by atoms with Crippen LogP contribution < -0.4 is 24.0 Å². The molecular formula is C16H24Cl4IN2+. The van der Waals surface area contributed by atoms with Gasteiger partial charge in [-0.3, -0.25) is 0 Å². The molecule has 1 heterocycles. The SMILES string of the molecule is CC[N+](C)(CC)CC[N+]1(C)Cc2c(Cl)c(Cl)c(Cl)c(Cl)c2C1.[I-]. The van der Waals surface area contributed by atoms with Crippen LogP contribution in [0.25, 0.3) is 0 Å². The van der Waals surface area contributed by atoms with Crippen LogP contribution in [0.1, 0.15) is 25.0 Å². The number of rotatable bonds is 5. The Morgan fingerprint density at radius 1 is 0.870 bits per heavy atom. The van der Waals surface area contributed by atoms with Gasteiger partial charge in [-0.2, -0.15) is 0 Å². The second-order valence-electron chi connectivity index (χ2n) is 6.85. The van der Waals surface area contributed by atoms with Crippen LogP contribution in [-0.4, -0.2) is 49.2 Å². The normalized spacial score (nSPS) is 16.2. The van der Waals surface area contributed by atoms with Gasteiger partial charge in [0.2, 0.25) is 0 Å². The number of halogens is 5. The van der Waals surface area contributed by atoms with Crippen molar-refractivity contribution in [1.82, 2.24) is 0 Å². The number of likely N-dealkylation sites (N-methyl/N-ethyl adjacent to an activating group) is 2. The Morgan fingerprint density at radius 3 is 1.61 bits per heavy atom. The van der Waals surface area contributed by atoms with E-state index in [1.54, 1.807) is 0 Å². The Morgan fingerprint density at radius 2 is 1.26 bits per heavy atom. The molecule has 23 heavy (non-hydrogen) atoms. The molecule has 0 saturated carbocycles. The summed E-state index contributed by atoms with van der Waals surface area (Å²) in [5, 5.41) is 1.89. The van der Waals surface area contributed by atoms with Crippen LogP contribution in [0.15, 0.2) is 0 Å². The topological polar surface area (TPSA) is 0 Å². The third-order valence-corrected chi connectivity index (χ3v) is 7.14. The summed E-state index contributed by atoms with van der Waals surface area (Å²) >= 11 is 25.2. The van der Waals surface area contributed by atoms with Gasteiger partial charge in [0.25, 0.3) is 0 Å². The number of hydrogen-bond acceptors (Lipinski definition) is 0. The van der Waals surface area contributed by atoms with Crippen LogP contribution in [0.2, 0.25) is 20.1 Å². The largest absolute Gasteiger partial charge is 1.00 e. The average Bonchev–Trinajstić information content (AvgIpc) is 2.87. The minimum absolute atomic E-state index is 0. The quantitative estimate of drug-likeness (QED) is 0.246. The first-order chi connectivity index (χ1) is 10.2. The Kier molecular flexibility index (Phi) is 7.82. The molecule has 0 aromatic heterocycles. The Hall–Kier alpha value is 1.03. The van der Waals surface area contributed by atoms with Crippen molar-refractivity contribution in [1.29, 1.82) is 0 Å². The minimum Gasteiger partial charge on any atom is -1.00 e. The lowest BCUT2D eigenvalue weighted by Crippen LogP contribution is -3.00. The van der Waals surface area contributed by atoms with E-state index >= 15 is 0 Å². The Bertz CT molecular complexity index is 551. The van der Waals surface area contributed by atoms with Gasteiger partial charge in [0.15, 0.2) is 0 Å². The van der Waals surface area contributed by atoms with E-state index in [4.69, 9.17) is 46.4 Å². The summed E-state index contributed by atoms with van der Waals surface area (Å²) in [6.45, 7) is 10.7. The average molecular weight is 513 g/mol. The van der Waals surface area contributed by atoms with Gasteiger partial charge in [0.1, 0.15) is 26.2 Å². The van der Waals surface area contributed by atoms with Gasteiger partial charge in [-0.15, -0.1) is 0 Å². The smallest absolute Gasteiger partial charge is 0.129 e. The molecule has 1 aromatic rings. The molecule has 0 amide bonds. The number of nitrogens with zero attached hydrogens (tertiary/aromatic N) is 2. The highest BCUT2D eigenvalue weighted by molar-refractivity contribution is 6.52. The van der Waals surface area contributed by atoms with Gasteiger partial charge in [-0.05, 0) is 13.8 Å². The first-order valence-electron chi connectivity index (χ1n) is 7.67. The van der Waals surface area contributed by atoms with Gasteiger partial charge in [0, 0.05) is 11.1 Å².